The van der Waals surface area contributed by atoms with Gasteiger partial charge in [-0.3, -0.25) is 9.79 Å². The van der Waals surface area contributed by atoms with E-state index in [4.69, 9.17) is 15.2 Å². The van der Waals surface area contributed by atoms with Crippen molar-refractivity contribution >= 4 is 17.4 Å². The van der Waals surface area contributed by atoms with Crippen LogP contribution in [0, 0.1) is 17.8 Å². The van der Waals surface area contributed by atoms with Crippen LogP contribution in [0.3, 0.4) is 0 Å². The second-order valence-electron chi connectivity index (χ2n) is 11.2. The van der Waals surface area contributed by atoms with Crippen LogP contribution in [0.4, 0.5) is 5.69 Å². The van der Waals surface area contributed by atoms with Crippen molar-refractivity contribution in [3.8, 4) is 23.0 Å². The maximum absolute atomic E-state index is 12.9. The molecule has 0 radical (unpaired) electrons. The number of nitrogens with zero attached hydrogens (tertiary/aromatic N) is 1. The highest BCUT2D eigenvalue weighted by Crippen LogP contribution is 2.37. The normalized spacial score (nSPS) is 13.4. The molecule has 0 heterocycles. The van der Waals surface area contributed by atoms with Gasteiger partial charge in [0.25, 0.3) is 0 Å². The number of ketones is 1. The van der Waals surface area contributed by atoms with Gasteiger partial charge in [0.2, 0.25) is 0 Å². The summed E-state index contributed by atoms with van der Waals surface area (Å²) in [5, 5.41) is 26.7. The van der Waals surface area contributed by atoms with Gasteiger partial charge in [0.15, 0.2) is 34.7 Å². The van der Waals surface area contributed by atoms with Crippen molar-refractivity contribution in [1.29, 1.82) is 0 Å². The number of likely N-dealkylation sites (N-methyl/N-ethyl adjacent to an activating group) is 1. The van der Waals surface area contributed by atoms with E-state index in [9.17, 15) is 15.0 Å². The fourth-order valence-corrected chi connectivity index (χ4v) is 4.70. The van der Waals surface area contributed by atoms with Gasteiger partial charge in [0, 0.05) is 20.0 Å². The highest BCUT2D eigenvalue weighted by Gasteiger charge is 2.19. The summed E-state index contributed by atoms with van der Waals surface area (Å²) in [5.41, 5.74) is 8.21. The van der Waals surface area contributed by atoms with Crippen molar-refractivity contribution in [2.24, 2.45) is 28.5 Å². The minimum absolute atomic E-state index is 0.0282. The van der Waals surface area contributed by atoms with Crippen LogP contribution in [0.1, 0.15) is 57.6 Å². The summed E-state index contributed by atoms with van der Waals surface area (Å²) < 4.78 is 11.1. The SMILES string of the molecule is CN=C(N)Nc1cc(C[C@H](/C=C/C(=O)CCc2ccc(O)c(OC)c2)[C@H](C)CCCC(C)C)cc(OCCNC)c1O. The molecule has 0 unspecified atom stereocenters. The molecule has 0 spiro atoms. The van der Waals surface area contributed by atoms with E-state index in [1.807, 2.05) is 25.3 Å². The summed E-state index contributed by atoms with van der Waals surface area (Å²) in [5.74, 6) is 2.09. The number of hydrogen-bond donors (Lipinski definition) is 5. The molecular formula is C33H50N4O5. The third-order valence-electron chi connectivity index (χ3n) is 7.32. The number of methoxy groups -OCH3 is 1. The van der Waals surface area contributed by atoms with Gasteiger partial charge in [-0.05, 0) is 79.1 Å². The third-order valence-corrected chi connectivity index (χ3v) is 7.32. The summed E-state index contributed by atoms with van der Waals surface area (Å²) in [7, 11) is 4.92. The maximum atomic E-state index is 12.9. The number of aryl methyl sites for hydroxylation is 1. The fraction of sp³-hybridized carbons (Fsp3) is 0.515. The summed E-state index contributed by atoms with van der Waals surface area (Å²) >= 11 is 0. The number of nitrogens with two attached hydrogens (primary N) is 1. The Morgan fingerprint density at radius 1 is 1.10 bits per heavy atom. The molecule has 2 rings (SSSR count). The molecule has 42 heavy (non-hydrogen) atoms. The molecule has 2 aromatic carbocycles. The number of aliphatic imine (C=N–C) groups is 1. The number of hydrogen-bond acceptors (Lipinski definition) is 7. The highest BCUT2D eigenvalue weighted by atomic mass is 16.5. The van der Waals surface area contributed by atoms with Crippen molar-refractivity contribution in [3.63, 3.8) is 0 Å². The first-order chi connectivity index (χ1) is 20.1. The molecule has 0 aliphatic heterocycles. The zero-order chi connectivity index (χ0) is 31.1. The van der Waals surface area contributed by atoms with Crippen LogP contribution < -0.4 is 25.8 Å². The monoisotopic (exact) mass is 582 g/mol. The van der Waals surface area contributed by atoms with E-state index in [0.29, 0.717) is 61.4 Å². The molecule has 0 amide bonds. The lowest BCUT2D eigenvalue weighted by Gasteiger charge is -2.23. The number of carbonyl (C=O) groups excluding carboxylic acids is 1. The lowest BCUT2D eigenvalue weighted by atomic mass is 9.83. The lowest BCUT2D eigenvalue weighted by molar-refractivity contribution is -0.114. The van der Waals surface area contributed by atoms with Gasteiger partial charge < -0.3 is 36.1 Å². The molecule has 0 aliphatic rings. The summed E-state index contributed by atoms with van der Waals surface area (Å²) in [6.07, 6.45) is 8.60. The second-order valence-corrected chi connectivity index (χ2v) is 11.2. The summed E-state index contributed by atoms with van der Waals surface area (Å²) in [4.78, 5) is 16.9. The molecule has 0 saturated heterocycles. The number of rotatable bonds is 18. The van der Waals surface area contributed by atoms with Crippen LogP contribution in [-0.4, -0.2) is 56.3 Å². The minimum Gasteiger partial charge on any atom is -0.504 e. The lowest BCUT2D eigenvalue weighted by Crippen LogP contribution is -2.22. The number of benzene rings is 2. The fourth-order valence-electron chi connectivity index (χ4n) is 4.70. The number of aromatic hydroxyl groups is 2. The van der Waals surface area contributed by atoms with Gasteiger partial charge in [0.1, 0.15) is 6.61 Å². The number of anilines is 1. The van der Waals surface area contributed by atoms with Gasteiger partial charge in [-0.2, -0.15) is 0 Å². The first-order valence-electron chi connectivity index (χ1n) is 14.8. The van der Waals surface area contributed by atoms with Crippen LogP contribution in [0.15, 0.2) is 47.5 Å². The molecule has 2 atom stereocenters. The number of phenols is 2. The molecule has 9 nitrogen and oxygen atoms in total. The van der Waals surface area contributed by atoms with Gasteiger partial charge in [-0.25, -0.2) is 0 Å². The standard InChI is InChI=1S/C33H50N4O5/c1-22(2)8-7-9-23(3)26(12-14-27(38)13-10-24-11-15-29(39)30(20-24)41-6)18-25-19-28(37-33(34)36-5)32(40)31(21-25)42-17-16-35-4/h11-12,14-15,19-23,26,35,39-40H,7-10,13,16-18H2,1-6H3,(H3,34,36,37)/b14-12+/t23-,26+/m1/s1. The Kier molecular flexibility index (Phi) is 14.7. The van der Waals surface area contributed by atoms with Gasteiger partial charge in [-0.1, -0.05) is 52.2 Å². The Morgan fingerprint density at radius 2 is 1.83 bits per heavy atom. The molecule has 0 aliphatic carbocycles. The number of nitrogens with one attached hydrogen (secondary N) is 2. The van der Waals surface area contributed by atoms with E-state index in [2.05, 4.69) is 36.4 Å². The van der Waals surface area contributed by atoms with E-state index in [1.165, 1.54) is 7.11 Å². The first-order valence-corrected chi connectivity index (χ1v) is 14.8. The topological polar surface area (TPSA) is 138 Å². The summed E-state index contributed by atoms with van der Waals surface area (Å²) in [6, 6.07) is 8.86. The van der Waals surface area contributed by atoms with Crippen LogP contribution in [-0.2, 0) is 17.6 Å². The van der Waals surface area contributed by atoms with E-state index in [0.717, 1.165) is 30.4 Å². The van der Waals surface area contributed by atoms with Gasteiger partial charge in [0.05, 0.1) is 12.8 Å². The predicted molar refractivity (Wildman–Crippen MR) is 171 cm³/mol. The maximum Gasteiger partial charge on any atom is 0.192 e. The van der Waals surface area contributed by atoms with Gasteiger partial charge in [-0.15, -0.1) is 0 Å². The Labute approximate surface area is 251 Å². The Balaban J connectivity index is 2.27. The first kappa shape index (κ1) is 34.5. The Bertz CT molecular complexity index is 1200. The second kappa shape index (κ2) is 18.0. The van der Waals surface area contributed by atoms with Crippen LogP contribution >= 0.6 is 0 Å². The molecule has 2 aromatic rings. The smallest absolute Gasteiger partial charge is 0.192 e. The van der Waals surface area contributed by atoms with Crippen LogP contribution in [0.25, 0.3) is 0 Å². The average molecular weight is 583 g/mol. The van der Waals surface area contributed by atoms with E-state index in [1.54, 1.807) is 31.3 Å². The zero-order valence-electron chi connectivity index (χ0n) is 26.1. The number of ether oxygens (including phenoxy) is 2. The largest absolute Gasteiger partial charge is 0.504 e. The molecule has 0 bridgehead atoms. The third kappa shape index (κ3) is 11.6. The number of guanidine groups is 1. The molecule has 232 valence electrons. The van der Waals surface area contributed by atoms with E-state index in [-0.39, 0.29) is 29.2 Å². The zero-order valence-corrected chi connectivity index (χ0v) is 26.1. The molecule has 9 heteroatoms. The molecule has 0 fully saturated rings. The molecule has 0 aromatic heterocycles. The van der Waals surface area contributed by atoms with E-state index >= 15 is 0 Å². The molecule has 0 saturated carbocycles. The number of allylic oxidation sites excluding steroid dienone is 2. The van der Waals surface area contributed by atoms with Crippen LogP contribution in [0.2, 0.25) is 0 Å². The quantitative estimate of drug-likeness (QED) is 0.0515. The minimum atomic E-state index is -0.0282. The van der Waals surface area contributed by atoms with Gasteiger partial charge >= 0.3 is 0 Å². The number of phenolic OH excluding ortho intramolecular Hbond substituents is 2. The summed E-state index contributed by atoms with van der Waals surface area (Å²) in [6.45, 7) is 7.71. The Hall–Kier alpha value is -3.72. The van der Waals surface area contributed by atoms with Crippen molar-refractivity contribution in [2.45, 2.75) is 59.3 Å². The molecule has 6 N–H and O–H groups in total. The Morgan fingerprint density at radius 3 is 2.50 bits per heavy atom. The molecular weight excluding hydrogens is 532 g/mol. The van der Waals surface area contributed by atoms with E-state index < -0.39 is 0 Å². The highest BCUT2D eigenvalue weighted by molar-refractivity contribution is 5.94. The predicted octanol–water partition coefficient (Wildman–Crippen LogP) is 5.44. The van der Waals surface area contributed by atoms with Crippen LogP contribution in [0.5, 0.6) is 23.0 Å². The van der Waals surface area contributed by atoms with Crippen molar-refractivity contribution in [2.75, 3.05) is 39.7 Å². The van der Waals surface area contributed by atoms with Crippen molar-refractivity contribution < 1.29 is 24.5 Å². The van der Waals surface area contributed by atoms with Crippen molar-refractivity contribution in [1.82, 2.24) is 5.32 Å². The average Bonchev–Trinajstić information content (AvgIpc) is 2.96. The van der Waals surface area contributed by atoms with Crippen molar-refractivity contribution in [3.05, 3.63) is 53.6 Å². The number of carbonyl (C=O) groups is 1.